The van der Waals surface area contributed by atoms with Gasteiger partial charge >= 0.3 is 5.97 Å². The number of halogens is 1. The van der Waals surface area contributed by atoms with Gasteiger partial charge in [0.25, 0.3) is 5.69 Å². The van der Waals surface area contributed by atoms with E-state index < -0.39 is 37.5 Å². The molecule has 10 heteroatoms. The zero-order valence-corrected chi connectivity index (χ0v) is 12.1. The molecule has 114 valence electrons. The number of nitrogens with one attached hydrogen (secondary N) is 1. The number of hydrogen-bond acceptors (Lipinski definition) is 5. The third kappa shape index (κ3) is 3.49. The quantitative estimate of drug-likeness (QED) is 0.598. The van der Waals surface area contributed by atoms with Crippen molar-refractivity contribution in [2.75, 3.05) is 0 Å². The molecule has 1 aromatic rings. The molecule has 0 amide bonds. The summed E-state index contributed by atoms with van der Waals surface area (Å²) in [5.41, 5.74) is -0.558. The molecular weight excluding hydrogens is 324 g/mol. The van der Waals surface area contributed by atoms with Crippen LogP contribution in [0.1, 0.15) is 12.8 Å². The summed E-state index contributed by atoms with van der Waals surface area (Å²) in [5.74, 6) is -1.52. The van der Waals surface area contributed by atoms with Gasteiger partial charge < -0.3 is 5.11 Å². The van der Waals surface area contributed by atoms with E-state index in [9.17, 15) is 23.3 Å². The summed E-state index contributed by atoms with van der Waals surface area (Å²) in [5, 5.41) is 19.6. The molecule has 1 atom stereocenters. The SMILES string of the molecule is O=C(O)C(NS(=O)(=O)c1ccc(Cl)c([N+](=O)[O-])c1)C1CC1. The van der Waals surface area contributed by atoms with Gasteiger partial charge in [-0.1, -0.05) is 11.6 Å². The molecule has 0 bridgehead atoms. The fourth-order valence-corrected chi connectivity index (χ4v) is 3.28. The minimum atomic E-state index is -4.18. The topological polar surface area (TPSA) is 127 Å². The maximum atomic E-state index is 12.1. The average molecular weight is 335 g/mol. The lowest BCUT2D eigenvalue weighted by Gasteiger charge is -2.14. The van der Waals surface area contributed by atoms with Gasteiger partial charge in [-0.25, -0.2) is 8.42 Å². The summed E-state index contributed by atoms with van der Waals surface area (Å²) < 4.78 is 26.3. The Labute approximate surface area is 124 Å². The zero-order chi connectivity index (χ0) is 15.8. The van der Waals surface area contributed by atoms with Gasteiger partial charge in [-0.3, -0.25) is 14.9 Å². The predicted molar refractivity (Wildman–Crippen MR) is 72.6 cm³/mol. The highest BCUT2D eigenvalue weighted by Crippen LogP contribution is 2.34. The molecule has 1 aliphatic carbocycles. The number of carboxylic acids is 1. The van der Waals surface area contributed by atoms with Crippen LogP contribution >= 0.6 is 11.6 Å². The van der Waals surface area contributed by atoms with Crippen LogP contribution in [0, 0.1) is 16.0 Å². The van der Waals surface area contributed by atoms with Crippen molar-refractivity contribution in [2.45, 2.75) is 23.8 Å². The van der Waals surface area contributed by atoms with E-state index in [4.69, 9.17) is 16.7 Å². The van der Waals surface area contributed by atoms with Gasteiger partial charge in [0.05, 0.1) is 9.82 Å². The van der Waals surface area contributed by atoms with Gasteiger partial charge in [0.1, 0.15) is 11.1 Å². The smallest absolute Gasteiger partial charge is 0.322 e. The molecule has 0 saturated heterocycles. The number of benzene rings is 1. The van der Waals surface area contributed by atoms with Crippen LogP contribution in [0.5, 0.6) is 0 Å². The van der Waals surface area contributed by atoms with Gasteiger partial charge in [-0.15, -0.1) is 0 Å². The van der Waals surface area contributed by atoms with Crippen molar-refractivity contribution in [3.05, 3.63) is 33.3 Å². The maximum absolute atomic E-state index is 12.1. The Kier molecular flexibility index (Phi) is 4.17. The first-order valence-corrected chi connectivity index (χ1v) is 7.77. The maximum Gasteiger partial charge on any atom is 0.322 e. The highest BCUT2D eigenvalue weighted by molar-refractivity contribution is 7.89. The summed E-state index contributed by atoms with van der Waals surface area (Å²) in [6, 6.07) is 1.74. The second-order valence-corrected chi connectivity index (χ2v) is 6.77. The first-order chi connectivity index (χ1) is 9.72. The molecule has 0 aliphatic heterocycles. The van der Waals surface area contributed by atoms with Crippen LogP contribution in [0.25, 0.3) is 0 Å². The molecule has 0 aromatic heterocycles. The number of carbonyl (C=O) groups is 1. The molecular formula is C11H11ClN2O6S. The van der Waals surface area contributed by atoms with Crippen molar-refractivity contribution in [1.82, 2.24) is 4.72 Å². The molecule has 2 rings (SSSR count). The van der Waals surface area contributed by atoms with Gasteiger partial charge in [0.2, 0.25) is 10.0 Å². The van der Waals surface area contributed by atoms with Crippen molar-refractivity contribution >= 4 is 33.3 Å². The van der Waals surface area contributed by atoms with E-state index in [0.29, 0.717) is 12.8 Å². The minimum Gasteiger partial charge on any atom is -0.480 e. The van der Waals surface area contributed by atoms with Gasteiger partial charge in [-0.05, 0) is 30.9 Å². The average Bonchev–Trinajstić information content (AvgIpc) is 3.19. The van der Waals surface area contributed by atoms with Crippen LogP contribution < -0.4 is 4.72 Å². The van der Waals surface area contributed by atoms with E-state index in [2.05, 4.69) is 4.72 Å². The minimum absolute atomic E-state index is 0.198. The van der Waals surface area contributed by atoms with Crippen molar-refractivity contribution in [1.29, 1.82) is 0 Å². The normalized spacial score (nSPS) is 16.4. The number of sulfonamides is 1. The number of carboxylic acid groups (broad SMARTS) is 1. The highest BCUT2D eigenvalue weighted by atomic mass is 35.5. The van der Waals surface area contributed by atoms with Crippen LogP contribution in [0.15, 0.2) is 23.1 Å². The molecule has 1 saturated carbocycles. The zero-order valence-electron chi connectivity index (χ0n) is 10.5. The lowest BCUT2D eigenvalue weighted by molar-refractivity contribution is -0.384. The van der Waals surface area contributed by atoms with Crippen LogP contribution in [0.3, 0.4) is 0 Å². The molecule has 1 unspecified atom stereocenters. The number of rotatable bonds is 6. The molecule has 1 fully saturated rings. The van der Waals surface area contributed by atoms with Crippen molar-refractivity contribution in [3.63, 3.8) is 0 Å². The third-order valence-electron chi connectivity index (χ3n) is 3.07. The summed E-state index contributed by atoms with van der Waals surface area (Å²) in [6.45, 7) is 0. The largest absolute Gasteiger partial charge is 0.480 e. The fourth-order valence-electron chi connectivity index (χ4n) is 1.81. The molecule has 1 aliphatic rings. The Hall–Kier alpha value is -1.71. The van der Waals surface area contributed by atoms with E-state index in [0.717, 1.165) is 18.2 Å². The van der Waals surface area contributed by atoms with E-state index in [1.165, 1.54) is 0 Å². The predicted octanol–water partition coefficient (Wildman–Crippen LogP) is 1.39. The molecule has 0 spiro atoms. The summed E-state index contributed by atoms with van der Waals surface area (Å²) in [6.07, 6.45) is 1.25. The lowest BCUT2D eigenvalue weighted by Crippen LogP contribution is -2.42. The fraction of sp³-hybridized carbons (Fsp3) is 0.364. The third-order valence-corrected chi connectivity index (χ3v) is 4.82. The first-order valence-electron chi connectivity index (χ1n) is 5.91. The van der Waals surface area contributed by atoms with Gasteiger partial charge in [0, 0.05) is 6.07 Å². The van der Waals surface area contributed by atoms with E-state index in [1.54, 1.807) is 0 Å². The monoisotopic (exact) mass is 334 g/mol. The van der Waals surface area contributed by atoms with E-state index >= 15 is 0 Å². The van der Waals surface area contributed by atoms with E-state index in [-0.39, 0.29) is 10.9 Å². The number of nitro benzene ring substituents is 1. The standard InChI is InChI=1S/C11H11ClN2O6S/c12-8-4-3-7(5-9(8)14(17)18)21(19,20)13-10(11(15)16)6-1-2-6/h3-6,10,13H,1-2H2,(H,15,16). The molecule has 0 heterocycles. The van der Waals surface area contributed by atoms with E-state index in [1.807, 2.05) is 0 Å². The molecule has 0 radical (unpaired) electrons. The Bertz CT molecular complexity index is 701. The lowest BCUT2D eigenvalue weighted by atomic mass is 10.2. The Balaban J connectivity index is 2.33. The Morgan fingerprint density at radius 1 is 1.48 bits per heavy atom. The number of aliphatic carboxylic acids is 1. The van der Waals surface area contributed by atoms with Crippen LogP contribution in [-0.4, -0.2) is 30.5 Å². The Morgan fingerprint density at radius 2 is 2.10 bits per heavy atom. The number of nitro groups is 1. The Morgan fingerprint density at radius 3 is 2.57 bits per heavy atom. The molecule has 1 aromatic carbocycles. The highest BCUT2D eigenvalue weighted by Gasteiger charge is 2.39. The summed E-state index contributed by atoms with van der Waals surface area (Å²) >= 11 is 5.61. The molecule has 8 nitrogen and oxygen atoms in total. The molecule has 21 heavy (non-hydrogen) atoms. The van der Waals surface area contributed by atoms with Gasteiger partial charge in [0.15, 0.2) is 0 Å². The van der Waals surface area contributed by atoms with Gasteiger partial charge in [-0.2, -0.15) is 4.72 Å². The van der Waals surface area contributed by atoms with Crippen molar-refractivity contribution < 1.29 is 23.2 Å². The van der Waals surface area contributed by atoms with Crippen molar-refractivity contribution in [3.8, 4) is 0 Å². The molecule has 2 N–H and O–H groups in total. The second-order valence-electron chi connectivity index (χ2n) is 4.64. The van der Waals surface area contributed by atoms with Crippen LogP contribution in [-0.2, 0) is 14.8 Å². The van der Waals surface area contributed by atoms with Crippen LogP contribution in [0.4, 0.5) is 5.69 Å². The summed E-state index contributed by atoms with van der Waals surface area (Å²) in [4.78, 5) is 20.6. The number of hydrogen-bond donors (Lipinski definition) is 2. The number of nitrogens with zero attached hydrogens (tertiary/aromatic N) is 1. The van der Waals surface area contributed by atoms with Crippen LogP contribution in [0.2, 0.25) is 5.02 Å². The summed E-state index contributed by atoms with van der Waals surface area (Å²) in [7, 11) is -4.18. The van der Waals surface area contributed by atoms with Crippen molar-refractivity contribution in [2.24, 2.45) is 5.92 Å². The first kappa shape index (κ1) is 15.7. The second kappa shape index (κ2) is 5.58.